The SMILES string of the molecule is CCCCC/C=C\C/C=C\CCCCCCCC(=O)OCC(COC(=O)CCCCCCCC/C=C\C/C=C\C/C=C\CCCCCCC)OC(=O)CCCCCCC/C=C\C/C=C\CCCCCC. The Labute approximate surface area is 433 Å². The molecule has 0 aromatic heterocycles. The topological polar surface area (TPSA) is 78.9 Å². The number of hydrogen-bond donors (Lipinski definition) is 0. The second kappa shape index (κ2) is 58.2. The minimum Gasteiger partial charge on any atom is -0.462 e. The molecular formula is C64H110O6. The first kappa shape index (κ1) is 66.6. The molecule has 0 aliphatic rings. The summed E-state index contributed by atoms with van der Waals surface area (Å²) in [6.45, 7) is 6.56. The van der Waals surface area contributed by atoms with Crippen LogP contribution in [0.3, 0.4) is 0 Å². The average Bonchev–Trinajstić information content (AvgIpc) is 3.36. The van der Waals surface area contributed by atoms with Crippen molar-refractivity contribution >= 4 is 17.9 Å². The van der Waals surface area contributed by atoms with Gasteiger partial charge in [0.1, 0.15) is 13.2 Å². The quantitative estimate of drug-likeness (QED) is 0.0261. The first-order chi connectivity index (χ1) is 34.5. The summed E-state index contributed by atoms with van der Waals surface area (Å²) in [6.07, 6.45) is 75.7. The Bertz CT molecular complexity index is 1350. The molecule has 0 aliphatic carbocycles. The molecule has 6 heteroatoms. The highest BCUT2D eigenvalue weighted by Gasteiger charge is 2.19. The van der Waals surface area contributed by atoms with Crippen molar-refractivity contribution in [1.29, 1.82) is 0 Å². The van der Waals surface area contributed by atoms with Gasteiger partial charge in [-0.3, -0.25) is 14.4 Å². The Hall–Kier alpha value is -3.41. The van der Waals surface area contributed by atoms with Crippen LogP contribution in [0, 0.1) is 0 Å². The molecule has 0 aliphatic heterocycles. The zero-order valence-corrected chi connectivity index (χ0v) is 46.0. The molecule has 0 heterocycles. The fourth-order valence-electron chi connectivity index (χ4n) is 8.10. The van der Waals surface area contributed by atoms with Gasteiger partial charge in [-0.1, -0.05) is 228 Å². The average molecular weight is 976 g/mol. The van der Waals surface area contributed by atoms with E-state index in [4.69, 9.17) is 14.2 Å². The number of esters is 3. The van der Waals surface area contributed by atoms with Gasteiger partial charge in [-0.15, -0.1) is 0 Å². The van der Waals surface area contributed by atoms with Gasteiger partial charge in [0.25, 0.3) is 0 Å². The minimum atomic E-state index is -0.797. The third-order valence-corrected chi connectivity index (χ3v) is 12.6. The molecule has 1 atom stereocenters. The molecule has 0 saturated heterocycles. The molecule has 0 rings (SSSR count). The zero-order chi connectivity index (χ0) is 50.7. The van der Waals surface area contributed by atoms with Gasteiger partial charge in [-0.2, -0.15) is 0 Å². The highest BCUT2D eigenvalue weighted by molar-refractivity contribution is 5.71. The van der Waals surface area contributed by atoms with Gasteiger partial charge in [0, 0.05) is 19.3 Å². The molecule has 0 amide bonds. The van der Waals surface area contributed by atoms with E-state index >= 15 is 0 Å². The standard InChI is InChI=1S/C64H110O6/c1-4-7-10-13-16-19-22-25-28-30-31-32-33-34-37-39-42-45-48-51-54-57-63(66)69-60-61(59-68-62(65)56-53-50-47-44-41-38-35-27-24-21-18-15-12-9-6-3)70-64(67)58-55-52-49-46-43-40-36-29-26-23-20-17-14-11-8-5-2/h18,20-23,25,27,29-31,33-36,61H,4-17,19,24,26,28,32,37-60H2,1-3H3/b21-18-,23-20-,25-22-,31-30-,34-33-,35-27-,36-29-. The van der Waals surface area contributed by atoms with Crippen LogP contribution in [0.1, 0.15) is 284 Å². The first-order valence-electron chi connectivity index (χ1n) is 29.6. The number of carbonyl (C=O) groups excluding carboxylic acids is 3. The first-order valence-corrected chi connectivity index (χ1v) is 29.6. The van der Waals surface area contributed by atoms with Crippen molar-refractivity contribution in [3.05, 3.63) is 85.1 Å². The summed E-state index contributed by atoms with van der Waals surface area (Å²) >= 11 is 0. The van der Waals surface area contributed by atoms with Crippen molar-refractivity contribution in [2.75, 3.05) is 13.2 Å². The van der Waals surface area contributed by atoms with Crippen molar-refractivity contribution in [3.8, 4) is 0 Å². The van der Waals surface area contributed by atoms with Crippen molar-refractivity contribution in [1.82, 2.24) is 0 Å². The molecule has 402 valence electrons. The molecule has 0 spiro atoms. The maximum atomic E-state index is 12.9. The van der Waals surface area contributed by atoms with Gasteiger partial charge in [0.2, 0.25) is 0 Å². The smallest absolute Gasteiger partial charge is 0.306 e. The Morgan fingerprint density at radius 2 is 0.514 bits per heavy atom. The summed E-state index contributed by atoms with van der Waals surface area (Å²) < 4.78 is 16.9. The van der Waals surface area contributed by atoms with E-state index in [1.54, 1.807) is 0 Å². The molecule has 70 heavy (non-hydrogen) atoms. The van der Waals surface area contributed by atoms with Gasteiger partial charge < -0.3 is 14.2 Å². The molecule has 0 aromatic carbocycles. The molecule has 0 fully saturated rings. The summed E-state index contributed by atoms with van der Waals surface area (Å²) in [7, 11) is 0. The van der Waals surface area contributed by atoms with Gasteiger partial charge in [-0.05, 0) is 122 Å². The monoisotopic (exact) mass is 975 g/mol. The maximum absolute atomic E-state index is 12.9. The summed E-state index contributed by atoms with van der Waals surface area (Å²) in [5.74, 6) is -0.927. The lowest BCUT2D eigenvalue weighted by atomic mass is 10.1. The Balaban J connectivity index is 4.44. The van der Waals surface area contributed by atoms with Crippen LogP contribution in [-0.4, -0.2) is 37.2 Å². The van der Waals surface area contributed by atoms with E-state index in [2.05, 4.69) is 106 Å². The Morgan fingerprint density at radius 1 is 0.286 bits per heavy atom. The van der Waals surface area contributed by atoms with Crippen LogP contribution in [0.15, 0.2) is 85.1 Å². The van der Waals surface area contributed by atoms with Crippen LogP contribution in [0.4, 0.5) is 0 Å². The van der Waals surface area contributed by atoms with Gasteiger partial charge in [0.05, 0.1) is 0 Å². The van der Waals surface area contributed by atoms with Crippen molar-refractivity contribution in [2.24, 2.45) is 0 Å². The Kier molecular flexibility index (Phi) is 55.3. The van der Waals surface area contributed by atoms with E-state index < -0.39 is 6.10 Å². The van der Waals surface area contributed by atoms with Crippen LogP contribution in [-0.2, 0) is 28.6 Å². The van der Waals surface area contributed by atoms with Crippen LogP contribution >= 0.6 is 0 Å². The van der Waals surface area contributed by atoms with E-state index in [1.807, 2.05) is 0 Å². The van der Waals surface area contributed by atoms with E-state index in [-0.39, 0.29) is 31.1 Å². The second-order valence-corrected chi connectivity index (χ2v) is 19.5. The van der Waals surface area contributed by atoms with E-state index in [0.29, 0.717) is 19.3 Å². The van der Waals surface area contributed by atoms with Crippen molar-refractivity contribution in [3.63, 3.8) is 0 Å². The van der Waals surface area contributed by atoms with Gasteiger partial charge in [-0.25, -0.2) is 0 Å². The predicted molar refractivity (Wildman–Crippen MR) is 302 cm³/mol. The van der Waals surface area contributed by atoms with Crippen LogP contribution in [0.25, 0.3) is 0 Å². The molecular weight excluding hydrogens is 865 g/mol. The van der Waals surface area contributed by atoms with E-state index in [0.717, 1.165) is 128 Å². The zero-order valence-electron chi connectivity index (χ0n) is 46.0. The Morgan fingerprint density at radius 3 is 0.843 bits per heavy atom. The largest absolute Gasteiger partial charge is 0.462 e. The maximum Gasteiger partial charge on any atom is 0.306 e. The fraction of sp³-hybridized carbons (Fsp3) is 0.734. The molecule has 6 nitrogen and oxygen atoms in total. The van der Waals surface area contributed by atoms with E-state index in [1.165, 1.54) is 116 Å². The van der Waals surface area contributed by atoms with Crippen LogP contribution in [0.2, 0.25) is 0 Å². The minimum absolute atomic E-state index is 0.0938. The number of carbonyl (C=O) groups is 3. The van der Waals surface area contributed by atoms with E-state index in [9.17, 15) is 14.4 Å². The lowest BCUT2D eigenvalue weighted by Crippen LogP contribution is -2.30. The van der Waals surface area contributed by atoms with Crippen LogP contribution < -0.4 is 0 Å². The predicted octanol–water partition coefficient (Wildman–Crippen LogP) is 19.9. The summed E-state index contributed by atoms with van der Waals surface area (Å²) in [5, 5.41) is 0. The second-order valence-electron chi connectivity index (χ2n) is 19.5. The molecule has 0 bridgehead atoms. The van der Waals surface area contributed by atoms with Gasteiger partial charge in [0.15, 0.2) is 6.10 Å². The highest BCUT2D eigenvalue weighted by atomic mass is 16.6. The number of rotatable bonds is 53. The van der Waals surface area contributed by atoms with Crippen LogP contribution in [0.5, 0.6) is 0 Å². The lowest BCUT2D eigenvalue weighted by molar-refractivity contribution is -0.167. The van der Waals surface area contributed by atoms with Crippen molar-refractivity contribution < 1.29 is 28.6 Å². The normalized spacial score (nSPS) is 12.7. The summed E-state index contributed by atoms with van der Waals surface area (Å²) in [6, 6.07) is 0. The fourth-order valence-corrected chi connectivity index (χ4v) is 8.10. The molecule has 0 N–H and O–H groups in total. The highest BCUT2D eigenvalue weighted by Crippen LogP contribution is 2.14. The lowest BCUT2D eigenvalue weighted by Gasteiger charge is -2.18. The molecule has 0 saturated carbocycles. The summed E-state index contributed by atoms with van der Waals surface area (Å²) in [4.78, 5) is 38.2. The third kappa shape index (κ3) is 55.5. The molecule has 0 aromatic rings. The summed E-state index contributed by atoms with van der Waals surface area (Å²) in [5.41, 5.74) is 0. The molecule has 1 unspecified atom stereocenters. The molecule has 0 radical (unpaired) electrons. The number of unbranched alkanes of at least 4 members (excludes halogenated alkanes) is 28. The van der Waals surface area contributed by atoms with Gasteiger partial charge >= 0.3 is 17.9 Å². The van der Waals surface area contributed by atoms with Crippen molar-refractivity contribution in [2.45, 2.75) is 290 Å². The number of ether oxygens (including phenoxy) is 3. The third-order valence-electron chi connectivity index (χ3n) is 12.6. The number of hydrogen-bond acceptors (Lipinski definition) is 6. The number of allylic oxidation sites excluding steroid dienone is 14.